The molecule has 0 N–H and O–H groups in total. The van der Waals surface area contributed by atoms with E-state index >= 15 is 0 Å². The Morgan fingerprint density at radius 1 is 1.81 bits per heavy atom. The van der Waals surface area contributed by atoms with E-state index in [1.54, 1.807) is 13.8 Å². The Bertz CT molecular complexity index is 434. The highest BCUT2D eigenvalue weighted by atomic mass is 16.6. The zero-order chi connectivity index (χ0) is 12.1. The van der Waals surface area contributed by atoms with Gasteiger partial charge in [-0.2, -0.15) is 0 Å². The lowest BCUT2D eigenvalue weighted by Gasteiger charge is -2.04. The fraction of sp³-hybridized carbons (Fsp3) is 0.625. The third-order valence-electron chi connectivity index (χ3n) is 2.24. The van der Waals surface area contributed by atoms with Gasteiger partial charge in [-0.3, -0.25) is 0 Å². The highest BCUT2D eigenvalue weighted by molar-refractivity contribution is 5.18. The summed E-state index contributed by atoms with van der Waals surface area (Å²) in [5.41, 5.74) is 8.22. The molecule has 1 aromatic heterocycles. The Hall–Kier alpha value is -2.08. The van der Waals surface area contributed by atoms with E-state index in [9.17, 15) is 10.1 Å². The van der Waals surface area contributed by atoms with Crippen molar-refractivity contribution in [2.45, 2.75) is 32.9 Å². The summed E-state index contributed by atoms with van der Waals surface area (Å²) < 4.78 is 1.50. The lowest BCUT2D eigenvalue weighted by atomic mass is 10.2. The van der Waals surface area contributed by atoms with Crippen molar-refractivity contribution < 1.29 is 4.92 Å². The summed E-state index contributed by atoms with van der Waals surface area (Å²) in [6.07, 6.45) is 1.77. The molecule has 0 saturated carbocycles. The molecule has 1 unspecified atom stereocenters. The third kappa shape index (κ3) is 2.71. The first-order valence-corrected chi connectivity index (χ1v) is 4.77. The quantitative estimate of drug-likeness (QED) is 0.251. The second-order valence-corrected chi connectivity index (χ2v) is 3.41. The van der Waals surface area contributed by atoms with Gasteiger partial charge >= 0.3 is 5.82 Å². The molecule has 1 rings (SSSR count). The molecule has 0 aliphatic rings. The molecule has 8 heteroatoms. The first-order chi connectivity index (χ1) is 7.56. The highest BCUT2D eigenvalue weighted by Crippen LogP contribution is 2.15. The monoisotopic (exact) mass is 224 g/mol. The average molecular weight is 224 g/mol. The number of hydrogen-bond acceptors (Lipinski definition) is 4. The van der Waals surface area contributed by atoms with E-state index in [0.717, 1.165) is 0 Å². The van der Waals surface area contributed by atoms with Gasteiger partial charge in [-0.1, -0.05) is 12.0 Å². The Balaban J connectivity index is 2.76. The maximum atomic E-state index is 10.7. The standard InChI is InChI=1S/C8H12N6O2/c1-6(11-12-9)3-4-13-7(2)10-5-8(13)14(15)16/h5-6H,3-4H2,1-2H3. The summed E-state index contributed by atoms with van der Waals surface area (Å²) in [7, 11) is 0. The summed E-state index contributed by atoms with van der Waals surface area (Å²) >= 11 is 0. The summed E-state index contributed by atoms with van der Waals surface area (Å²) in [5.74, 6) is 0.547. The number of azide groups is 1. The van der Waals surface area contributed by atoms with Gasteiger partial charge in [-0.15, -0.1) is 0 Å². The predicted molar refractivity (Wildman–Crippen MR) is 56.8 cm³/mol. The number of imidazole rings is 1. The van der Waals surface area contributed by atoms with Crippen LogP contribution in [0.2, 0.25) is 0 Å². The van der Waals surface area contributed by atoms with Crippen LogP contribution < -0.4 is 0 Å². The maximum absolute atomic E-state index is 10.7. The van der Waals surface area contributed by atoms with E-state index in [1.165, 1.54) is 10.8 Å². The molecule has 1 aromatic rings. The van der Waals surface area contributed by atoms with Crippen LogP contribution in [0.4, 0.5) is 5.82 Å². The molecular weight excluding hydrogens is 212 g/mol. The van der Waals surface area contributed by atoms with Crippen molar-refractivity contribution in [3.63, 3.8) is 0 Å². The Kier molecular flexibility index (Phi) is 3.84. The van der Waals surface area contributed by atoms with Crippen molar-refractivity contribution in [2.24, 2.45) is 5.11 Å². The van der Waals surface area contributed by atoms with Crippen molar-refractivity contribution >= 4 is 5.82 Å². The van der Waals surface area contributed by atoms with E-state index < -0.39 is 4.92 Å². The number of hydrogen-bond donors (Lipinski definition) is 0. The van der Waals surface area contributed by atoms with Crippen LogP contribution in [0.5, 0.6) is 0 Å². The molecule has 16 heavy (non-hydrogen) atoms. The third-order valence-corrected chi connectivity index (χ3v) is 2.24. The Morgan fingerprint density at radius 3 is 3.06 bits per heavy atom. The van der Waals surface area contributed by atoms with Crippen molar-refractivity contribution in [1.82, 2.24) is 9.55 Å². The van der Waals surface area contributed by atoms with Crippen LogP contribution in [-0.4, -0.2) is 20.5 Å². The van der Waals surface area contributed by atoms with Gasteiger partial charge in [0.25, 0.3) is 0 Å². The van der Waals surface area contributed by atoms with E-state index in [4.69, 9.17) is 5.53 Å². The first kappa shape index (κ1) is 12.0. The number of rotatable bonds is 5. The van der Waals surface area contributed by atoms with E-state index in [-0.39, 0.29) is 11.9 Å². The molecule has 8 nitrogen and oxygen atoms in total. The molecule has 0 fully saturated rings. The van der Waals surface area contributed by atoms with Gasteiger partial charge in [0.15, 0.2) is 5.82 Å². The van der Waals surface area contributed by atoms with E-state index in [2.05, 4.69) is 15.0 Å². The summed E-state index contributed by atoms with van der Waals surface area (Å²) in [5, 5.41) is 14.2. The SMILES string of the molecule is Cc1ncc([N+](=O)[O-])n1CCC(C)N=[N+]=[N-]. The van der Waals surface area contributed by atoms with Crippen molar-refractivity contribution in [3.8, 4) is 0 Å². The van der Waals surface area contributed by atoms with Crippen LogP contribution in [-0.2, 0) is 6.54 Å². The molecule has 86 valence electrons. The molecule has 0 bridgehead atoms. The second-order valence-electron chi connectivity index (χ2n) is 3.41. The molecule has 0 aliphatic heterocycles. The summed E-state index contributed by atoms with van der Waals surface area (Å²) in [6.45, 7) is 3.88. The number of aryl methyl sites for hydroxylation is 1. The van der Waals surface area contributed by atoms with Crippen LogP contribution in [0.25, 0.3) is 10.4 Å². The van der Waals surface area contributed by atoms with Gasteiger partial charge in [0.1, 0.15) is 6.20 Å². The van der Waals surface area contributed by atoms with Gasteiger partial charge in [0, 0.05) is 17.9 Å². The summed E-state index contributed by atoms with van der Waals surface area (Å²) in [6, 6.07) is -0.189. The fourth-order valence-electron chi connectivity index (χ4n) is 1.34. The first-order valence-electron chi connectivity index (χ1n) is 4.77. The molecule has 1 atom stereocenters. The Labute approximate surface area is 91.7 Å². The average Bonchev–Trinajstić information content (AvgIpc) is 2.57. The molecule has 0 aliphatic carbocycles. The van der Waals surface area contributed by atoms with Crippen molar-refractivity contribution in [2.75, 3.05) is 0 Å². The van der Waals surface area contributed by atoms with Crippen molar-refractivity contribution in [1.29, 1.82) is 0 Å². The van der Waals surface area contributed by atoms with Gasteiger partial charge in [-0.05, 0) is 16.9 Å². The minimum absolute atomic E-state index is 0.0364. The van der Waals surface area contributed by atoms with Crippen LogP contribution in [0, 0.1) is 17.0 Å². The topological polar surface area (TPSA) is 110 Å². The molecule has 0 radical (unpaired) electrons. The van der Waals surface area contributed by atoms with E-state index in [1.807, 2.05) is 0 Å². The molecule has 0 saturated heterocycles. The lowest BCUT2D eigenvalue weighted by molar-refractivity contribution is -0.392. The zero-order valence-corrected chi connectivity index (χ0v) is 9.07. The van der Waals surface area contributed by atoms with Crippen LogP contribution >= 0.6 is 0 Å². The molecule has 0 aromatic carbocycles. The highest BCUT2D eigenvalue weighted by Gasteiger charge is 2.17. The maximum Gasteiger partial charge on any atom is 0.342 e. The number of aromatic nitrogens is 2. The number of nitrogens with zero attached hydrogens (tertiary/aromatic N) is 6. The number of nitro groups is 1. The molecule has 1 heterocycles. The molecule has 0 amide bonds. The minimum Gasteiger partial charge on any atom is -0.358 e. The van der Waals surface area contributed by atoms with Crippen molar-refractivity contribution in [3.05, 3.63) is 32.6 Å². The van der Waals surface area contributed by atoms with Gasteiger partial charge in [0.2, 0.25) is 0 Å². The van der Waals surface area contributed by atoms with Crippen LogP contribution in [0.15, 0.2) is 11.3 Å². The van der Waals surface area contributed by atoms with Gasteiger partial charge < -0.3 is 10.1 Å². The summed E-state index contributed by atoms with van der Waals surface area (Å²) in [4.78, 5) is 16.8. The molecule has 0 spiro atoms. The van der Waals surface area contributed by atoms with Crippen LogP contribution in [0.3, 0.4) is 0 Å². The van der Waals surface area contributed by atoms with Crippen LogP contribution in [0.1, 0.15) is 19.2 Å². The van der Waals surface area contributed by atoms with Gasteiger partial charge in [-0.25, -0.2) is 9.55 Å². The second kappa shape index (κ2) is 5.13. The smallest absolute Gasteiger partial charge is 0.342 e. The fourth-order valence-corrected chi connectivity index (χ4v) is 1.34. The lowest BCUT2D eigenvalue weighted by Crippen LogP contribution is -2.09. The normalized spacial score (nSPS) is 11.9. The largest absolute Gasteiger partial charge is 0.358 e. The van der Waals surface area contributed by atoms with Gasteiger partial charge in [0.05, 0.1) is 6.54 Å². The predicted octanol–water partition coefficient (Wildman–Crippen LogP) is 2.19. The Morgan fingerprint density at radius 2 is 2.50 bits per heavy atom. The zero-order valence-electron chi connectivity index (χ0n) is 9.07. The molecular formula is C8H12N6O2. The minimum atomic E-state index is -0.474. The van der Waals surface area contributed by atoms with E-state index in [0.29, 0.717) is 18.8 Å².